The van der Waals surface area contributed by atoms with E-state index in [-0.39, 0.29) is 11.6 Å². The van der Waals surface area contributed by atoms with E-state index >= 15 is 0 Å². The summed E-state index contributed by atoms with van der Waals surface area (Å²) in [5, 5.41) is 2.51. The van der Waals surface area contributed by atoms with E-state index in [9.17, 15) is 18.0 Å². The van der Waals surface area contributed by atoms with Crippen LogP contribution >= 0.6 is 0 Å². The molecule has 1 aliphatic rings. The minimum Gasteiger partial charge on any atom is -0.406 e. The van der Waals surface area contributed by atoms with Crippen LogP contribution in [-0.2, 0) is 9.53 Å². The summed E-state index contributed by atoms with van der Waals surface area (Å²) < 4.78 is 45.5. The maximum atomic E-state index is 12.2. The van der Waals surface area contributed by atoms with Gasteiger partial charge in [-0.2, -0.15) is 0 Å². The Labute approximate surface area is 125 Å². The molecule has 1 amide bonds. The molecule has 0 aromatic heterocycles. The largest absolute Gasteiger partial charge is 0.573 e. The molecule has 1 atom stereocenters. The van der Waals surface area contributed by atoms with E-state index in [2.05, 4.69) is 10.1 Å². The highest BCUT2D eigenvalue weighted by atomic mass is 19.4. The number of benzene rings is 1. The van der Waals surface area contributed by atoms with Gasteiger partial charge in [0.25, 0.3) is 0 Å². The lowest BCUT2D eigenvalue weighted by Crippen LogP contribution is -2.44. The van der Waals surface area contributed by atoms with Crippen LogP contribution in [0.3, 0.4) is 0 Å². The van der Waals surface area contributed by atoms with E-state index in [4.69, 9.17) is 10.5 Å². The Hall–Kier alpha value is -1.80. The number of alkyl halides is 3. The summed E-state index contributed by atoms with van der Waals surface area (Å²) in [7, 11) is 0. The molecule has 0 saturated carbocycles. The van der Waals surface area contributed by atoms with Crippen LogP contribution in [0.2, 0.25) is 0 Å². The molecule has 2 rings (SSSR count). The Balaban J connectivity index is 1.97. The van der Waals surface area contributed by atoms with Crippen LogP contribution in [0.1, 0.15) is 12.8 Å². The van der Waals surface area contributed by atoms with Crippen LogP contribution in [0.4, 0.5) is 18.9 Å². The molecule has 0 aliphatic carbocycles. The van der Waals surface area contributed by atoms with E-state index in [1.807, 2.05) is 0 Å². The number of carbonyl (C=O) groups is 1. The van der Waals surface area contributed by atoms with Crippen molar-refractivity contribution in [1.82, 2.24) is 0 Å². The highest BCUT2D eigenvalue weighted by molar-refractivity contribution is 5.95. The van der Waals surface area contributed by atoms with Crippen molar-refractivity contribution in [3.05, 3.63) is 24.3 Å². The molecule has 0 radical (unpaired) electrons. The van der Waals surface area contributed by atoms with E-state index < -0.39 is 24.1 Å². The van der Waals surface area contributed by atoms with Crippen molar-refractivity contribution in [2.45, 2.75) is 25.2 Å². The fourth-order valence-corrected chi connectivity index (χ4v) is 2.29. The number of hydrogen-bond donors (Lipinski definition) is 2. The summed E-state index contributed by atoms with van der Waals surface area (Å²) >= 11 is 0. The summed E-state index contributed by atoms with van der Waals surface area (Å²) in [6, 6.07) is 4.36. The van der Waals surface area contributed by atoms with Crippen molar-refractivity contribution in [2.24, 2.45) is 11.7 Å². The van der Waals surface area contributed by atoms with Gasteiger partial charge in [-0.3, -0.25) is 4.79 Å². The van der Waals surface area contributed by atoms with E-state index in [0.717, 1.165) is 12.1 Å². The zero-order valence-corrected chi connectivity index (χ0v) is 11.7. The van der Waals surface area contributed by atoms with Gasteiger partial charge in [0.15, 0.2) is 0 Å². The molecule has 1 heterocycles. The fourth-order valence-electron chi connectivity index (χ4n) is 2.29. The zero-order valence-electron chi connectivity index (χ0n) is 11.7. The van der Waals surface area contributed by atoms with Gasteiger partial charge in [-0.25, -0.2) is 0 Å². The Bertz CT molecular complexity index is 516. The van der Waals surface area contributed by atoms with Gasteiger partial charge in [0, 0.05) is 25.0 Å². The van der Waals surface area contributed by atoms with Crippen LogP contribution in [0.25, 0.3) is 0 Å². The number of halogens is 3. The first-order valence-corrected chi connectivity index (χ1v) is 6.85. The van der Waals surface area contributed by atoms with E-state index in [1.54, 1.807) is 0 Å². The average Bonchev–Trinajstić information content (AvgIpc) is 2.46. The first kappa shape index (κ1) is 16.6. The SMILES string of the molecule is NC(C(=O)Nc1cccc(OC(F)(F)F)c1)C1CCOCC1. The summed E-state index contributed by atoms with van der Waals surface area (Å²) in [6.45, 7) is 1.11. The average molecular weight is 318 g/mol. The number of nitrogens with one attached hydrogen (secondary N) is 1. The highest BCUT2D eigenvalue weighted by Crippen LogP contribution is 2.25. The third kappa shape index (κ3) is 4.88. The summed E-state index contributed by atoms with van der Waals surface area (Å²) in [5.74, 6) is -0.829. The molecule has 5 nitrogen and oxygen atoms in total. The summed E-state index contributed by atoms with van der Waals surface area (Å²) in [4.78, 5) is 12.1. The quantitative estimate of drug-likeness (QED) is 0.893. The Kier molecular flexibility index (Phi) is 5.25. The standard InChI is InChI=1S/C14H17F3N2O3/c15-14(16,17)22-11-3-1-2-10(8-11)19-13(20)12(18)9-4-6-21-7-5-9/h1-3,8-9,12H,4-7,18H2,(H,19,20). The number of hydrogen-bond acceptors (Lipinski definition) is 4. The second kappa shape index (κ2) is 6.97. The second-order valence-corrected chi connectivity index (χ2v) is 5.04. The van der Waals surface area contributed by atoms with Gasteiger partial charge >= 0.3 is 6.36 Å². The van der Waals surface area contributed by atoms with Crippen molar-refractivity contribution < 1.29 is 27.4 Å². The predicted octanol–water partition coefficient (Wildman–Crippen LogP) is 2.28. The summed E-state index contributed by atoms with van der Waals surface area (Å²) in [6.07, 6.45) is -3.40. The lowest BCUT2D eigenvalue weighted by atomic mass is 9.92. The summed E-state index contributed by atoms with van der Waals surface area (Å²) in [5.41, 5.74) is 6.10. The minimum absolute atomic E-state index is 0.00311. The maximum absolute atomic E-state index is 12.2. The van der Waals surface area contributed by atoms with Gasteiger partial charge in [-0.05, 0) is 30.9 Å². The minimum atomic E-state index is -4.78. The van der Waals surface area contributed by atoms with Crippen molar-refractivity contribution >= 4 is 11.6 Å². The number of anilines is 1. The molecule has 1 aromatic carbocycles. The molecule has 0 bridgehead atoms. The van der Waals surface area contributed by atoms with Crippen LogP contribution in [-0.4, -0.2) is 31.5 Å². The molecule has 3 N–H and O–H groups in total. The van der Waals surface area contributed by atoms with Gasteiger partial charge in [0.2, 0.25) is 5.91 Å². The second-order valence-electron chi connectivity index (χ2n) is 5.04. The number of carbonyl (C=O) groups excluding carboxylic acids is 1. The van der Waals surface area contributed by atoms with Gasteiger partial charge in [0.1, 0.15) is 5.75 Å². The van der Waals surface area contributed by atoms with E-state index in [0.29, 0.717) is 26.1 Å². The first-order chi connectivity index (χ1) is 10.3. The van der Waals surface area contributed by atoms with Gasteiger partial charge in [-0.15, -0.1) is 13.2 Å². The highest BCUT2D eigenvalue weighted by Gasteiger charge is 2.31. The third-order valence-electron chi connectivity index (χ3n) is 3.41. The van der Waals surface area contributed by atoms with Gasteiger partial charge in [-0.1, -0.05) is 6.07 Å². The maximum Gasteiger partial charge on any atom is 0.573 e. The third-order valence-corrected chi connectivity index (χ3v) is 3.41. The van der Waals surface area contributed by atoms with Gasteiger partial charge < -0.3 is 20.5 Å². The van der Waals surface area contributed by atoms with Crippen LogP contribution < -0.4 is 15.8 Å². The molecule has 1 aromatic rings. The van der Waals surface area contributed by atoms with Gasteiger partial charge in [0.05, 0.1) is 6.04 Å². The van der Waals surface area contributed by atoms with Crippen LogP contribution in [0.5, 0.6) is 5.75 Å². The smallest absolute Gasteiger partial charge is 0.406 e. The lowest BCUT2D eigenvalue weighted by molar-refractivity contribution is -0.274. The molecule has 22 heavy (non-hydrogen) atoms. The Morgan fingerprint density at radius 2 is 2.05 bits per heavy atom. The number of nitrogens with two attached hydrogens (primary N) is 1. The van der Waals surface area contributed by atoms with Crippen molar-refractivity contribution in [3.8, 4) is 5.75 Å². The Morgan fingerprint density at radius 3 is 2.68 bits per heavy atom. The molecule has 0 spiro atoms. The topological polar surface area (TPSA) is 73.6 Å². The molecule has 1 saturated heterocycles. The molecule has 1 unspecified atom stereocenters. The van der Waals surface area contributed by atoms with Crippen molar-refractivity contribution in [3.63, 3.8) is 0 Å². The molecule has 8 heteroatoms. The molecular formula is C14H17F3N2O3. The molecule has 122 valence electrons. The van der Waals surface area contributed by atoms with Crippen molar-refractivity contribution in [1.29, 1.82) is 0 Å². The first-order valence-electron chi connectivity index (χ1n) is 6.85. The molecular weight excluding hydrogens is 301 g/mol. The fraction of sp³-hybridized carbons (Fsp3) is 0.500. The number of ether oxygens (including phenoxy) is 2. The van der Waals surface area contributed by atoms with Crippen LogP contribution in [0.15, 0.2) is 24.3 Å². The number of amides is 1. The number of rotatable bonds is 4. The normalized spacial score (nSPS) is 17.8. The predicted molar refractivity (Wildman–Crippen MR) is 73.3 cm³/mol. The lowest BCUT2D eigenvalue weighted by Gasteiger charge is -2.26. The Morgan fingerprint density at radius 1 is 1.36 bits per heavy atom. The monoisotopic (exact) mass is 318 g/mol. The van der Waals surface area contributed by atoms with Crippen LogP contribution in [0, 0.1) is 5.92 Å². The van der Waals surface area contributed by atoms with E-state index in [1.165, 1.54) is 12.1 Å². The zero-order chi connectivity index (χ0) is 16.2. The molecule has 1 aliphatic heterocycles. The molecule has 1 fully saturated rings. The van der Waals surface area contributed by atoms with Crippen molar-refractivity contribution in [2.75, 3.05) is 18.5 Å².